The molecule has 0 aliphatic carbocycles. The second kappa shape index (κ2) is 12.4. The number of nitro groups is 1. The Labute approximate surface area is 104 Å². The highest BCUT2D eigenvalue weighted by atomic mass is 32.2. The average molecular weight is 313 g/mol. The molecule has 112 valence electrons. The van der Waals surface area contributed by atoms with Crippen molar-refractivity contribution in [3.05, 3.63) is 10.1 Å². The Kier molecular flexibility index (Phi) is 17.7. The summed E-state index contributed by atoms with van der Waals surface area (Å²) in [4.78, 5) is 32.6. The Morgan fingerprint density at radius 1 is 1.33 bits per heavy atom. The van der Waals surface area contributed by atoms with Crippen LogP contribution in [0.2, 0.25) is 0 Å². The minimum Gasteiger partial charge on any atom is -0.481 e. The fraction of sp³-hybridized carbons (Fsp3) is 0.800. The summed E-state index contributed by atoms with van der Waals surface area (Å²) in [7, 11) is -6.42. The van der Waals surface area contributed by atoms with Crippen molar-refractivity contribution in [2.45, 2.75) is 6.92 Å². The van der Waals surface area contributed by atoms with Gasteiger partial charge in [0.1, 0.15) is 0 Å². The fourth-order valence-electron chi connectivity index (χ4n) is 0. The number of carbonyl (C=O) groups is 1. The molecule has 0 unspecified atom stereocenters. The van der Waals surface area contributed by atoms with Crippen molar-refractivity contribution in [2.24, 2.45) is 0 Å². The summed E-state index contributed by atoms with van der Waals surface area (Å²) in [6.07, 6.45) is 0.715. The molecule has 4 N–H and O–H groups in total. The van der Waals surface area contributed by atoms with Crippen molar-refractivity contribution >= 4 is 23.7 Å². The van der Waals surface area contributed by atoms with Crippen molar-refractivity contribution in [1.29, 1.82) is 0 Å². The lowest BCUT2D eigenvalue weighted by Crippen LogP contribution is -1.88. The van der Waals surface area contributed by atoms with E-state index in [9.17, 15) is 13.0 Å². The van der Waals surface area contributed by atoms with E-state index in [0.29, 0.717) is 6.26 Å². The summed E-state index contributed by atoms with van der Waals surface area (Å²) in [6, 6.07) is 0. The van der Waals surface area contributed by atoms with Crippen LogP contribution in [0.15, 0.2) is 0 Å². The SMILES string of the molecule is CC(=O)O.CP(=O)(O)O.CS(=O)(=O)O.C[N+](=O)[O-]. The van der Waals surface area contributed by atoms with Gasteiger partial charge in [-0.2, -0.15) is 8.42 Å². The van der Waals surface area contributed by atoms with Crippen LogP contribution in [0, 0.1) is 10.1 Å². The van der Waals surface area contributed by atoms with Crippen LogP contribution in [0.4, 0.5) is 0 Å². The normalized spacial score (nSPS) is 9.28. The third kappa shape index (κ3) is 2530. The molecule has 0 aliphatic rings. The maximum atomic E-state index is 9.33. The van der Waals surface area contributed by atoms with Crippen LogP contribution in [0.25, 0.3) is 0 Å². The van der Waals surface area contributed by atoms with Crippen LogP contribution in [0.1, 0.15) is 6.92 Å². The van der Waals surface area contributed by atoms with Crippen LogP contribution in [-0.4, -0.2) is 58.7 Å². The molecule has 18 heavy (non-hydrogen) atoms. The quantitative estimate of drug-likeness (QED) is 0.192. The molecule has 0 saturated carbocycles. The smallest absolute Gasteiger partial charge is 0.322 e. The molecular weight excluding hydrogens is 297 g/mol. The third-order valence-electron chi connectivity index (χ3n) is 0. The zero-order valence-corrected chi connectivity index (χ0v) is 11.8. The van der Waals surface area contributed by atoms with Crippen LogP contribution in [0.5, 0.6) is 0 Å². The van der Waals surface area contributed by atoms with Gasteiger partial charge in [0, 0.05) is 18.5 Å². The molecule has 0 spiro atoms. The number of nitrogens with zero attached hydrogens (tertiary/aromatic N) is 1. The topological polar surface area (TPSA) is 192 Å². The maximum absolute atomic E-state index is 9.33. The van der Waals surface area contributed by atoms with Crippen molar-refractivity contribution < 1.29 is 42.1 Å². The van der Waals surface area contributed by atoms with Crippen molar-refractivity contribution in [1.82, 2.24) is 0 Å². The predicted molar refractivity (Wildman–Crippen MR) is 61.7 cm³/mol. The lowest BCUT2D eigenvalue weighted by atomic mass is 10.9. The molecule has 0 aromatic heterocycles. The van der Waals surface area contributed by atoms with E-state index in [0.717, 1.165) is 20.6 Å². The molecule has 0 heterocycles. The van der Waals surface area contributed by atoms with E-state index in [-0.39, 0.29) is 0 Å². The van der Waals surface area contributed by atoms with E-state index >= 15 is 0 Å². The Morgan fingerprint density at radius 2 is 1.33 bits per heavy atom. The Balaban J connectivity index is -0.0000000731. The molecule has 0 atom stereocenters. The Morgan fingerprint density at radius 3 is 1.33 bits per heavy atom. The van der Waals surface area contributed by atoms with Gasteiger partial charge >= 0.3 is 7.60 Å². The molecular formula is C5H16NO10PS. The summed E-state index contributed by atoms with van der Waals surface area (Å²) in [5, 5.41) is 16.2. The van der Waals surface area contributed by atoms with Crippen LogP contribution in [0.3, 0.4) is 0 Å². The molecule has 13 heteroatoms. The second-order valence-electron chi connectivity index (χ2n) is 2.53. The second-order valence-corrected chi connectivity index (χ2v) is 5.66. The summed E-state index contributed by atoms with van der Waals surface area (Å²) in [5.74, 6) is -0.833. The first kappa shape index (κ1) is 25.7. The molecule has 0 saturated heterocycles. The van der Waals surface area contributed by atoms with Gasteiger partial charge < -0.3 is 14.9 Å². The maximum Gasteiger partial charge on any atom is 0.322 e. The van der Waals surface area contributed by atoms with Gasteiger partial charge in [0.15, 0.2) is 7.05 Å². The number of aliphatic carboxylic acids is 1. The van der Waals surface area contributed by atoms with E-state index in [1.54, 1.807) is 0 Å². The van der Waals surface area contributed by atoms with E-state index in [2.05, 4.69) is 0 Å². The zero-order chi connectivity index (χ0) is 16.2. The van der Waals surface area contributed by atoms with Crippen molar-refractivity contribution in [3.63, 3.8) is 0 Å². The molecule has 0 aromatic carbocycles. The number of carboxylic acids is 1. The molecule has 0 radical (unpaired) electrons. The Hall–Kier alpha value is -1.07. The van der Waals surface area contributed by atoms with Crippen molar-refractivity contribution in [2.75, 3.05) is 20.0 Å². The van der Waals surface area contributed by atoms with Gasteiger partial charge in [0.05, 0.1) is 6.26 Å². The van der Waals surface area contributed by atoms with E-state index in [1.807, 2.05) is 0 Å². The van der Waals surface area contributed by atoms with Gasteiger partial charge in [-0.05, 0) is 0 Å². The molecule has 0 bridgehead atoms. The number of carboxylic acid groups (broad SMARTS) is 1. The highest BCUT2D eigenvalue weighted by molar-refractivity contribution is 7.85. The highest BCUT2D eigenvalue weighted by Gasteiger charge is 1.95. The zero-order valence-electron chi connectivity index (χ0n) is 10.0. The van der Waals surface area contributed by atoms with Gasteiger partial charge in [-0.25, -0.2) is 0 Å². The summed E-state index contributed by atoms with van der Waals surface area (Å²) in [5.41, 5.74) is 0. The third-order valence-corrected chi connectivity index (χ3v) is 0. The largest absolute Gasteiger partial charge is 0.481 e. The van der Waals surface area contributed by atoms with Gasteiger partial charge in [0.25, 0.3) is 16.1 Å². The lowest BCUT2D eigenvalue weighted by molar-refractivity contribution is -0.445. The van der Waals surface area contributed by atoms with E-state index in [4.69, 9.17) is 34.4 Å². The Bertz CT molecular complexity index is 333. The van der Waals surface area contributed by atoms with Gasteiger partial charge in [0.2, 0.25) is 0 Å². The van der Waals surface area contributed by atoms with Crippen LogP contribution in [-0.2, 0) is 19.5 Å². The summed E-state index contributed by atoms with van der Waals surface area (Å²) >= 11 is 0. The minimum absolute atomic E-state index is 0.500. The lowest BCUT2D eigenvalue weighted by Gasteiger charge is -1.84. The molecule has 11 nitrogen and oxygen atoms in total. The van der Waals surface area contributed by atoms with Gasteiger partial charge in [-0.1, -0.05) is 0 Å². The average Bonchev–Trinajstić information content (AvgIpc) is 1.70. The first-order chi connectivity index (χ1) is 7.46. The summed E-state index contributed by atoms with van der Waals surface area (Å²) < 4.78 is 35.2. The minimum atomic E-state index is -3.67. The van der Waals surface area contributed by atoms with E-state index in [1.165, 1.54) is 0 Å². The van der Waals surface area contributed by atoms with Crippen LogP contribution < -0.4 is 0 Å². The fourth-order valence-corrected chi connectivity index (χ4v) is 0. The number of rotatable bonds is 0. The monoisotopic (exact) mass is 313 g/mol. The molecule has 0 amide bonds. The highest BCUT2D eigenvalue weighted by Crippen LogP contribution is 2.26. The number of hydrogen-bond acceptors (Lipinski definition) is 6. The van der Waals surface area contributed by atoms with Gasteiger partial charge in [-0.3, -0.25) is 24.0 Å². The first-order valence-corrected chi connectivity index (χ1v) is 7.60. The van der Waals surface area contributed by atoms with E-state index < -0.39 is 28.6 Å². The number of hydrogen-bond donors (Lipinski definition) is 4. The standard InChI is InChI=1S/C2H4O2.CH3NO2.CH5O3P.CH4O3S/c2*1-2(3)4;2*1-5(2,3)4/h1H3,(H,3,4);1H3;1H3,(H2,2,3,4);1H3,(H,2,3,4). The molecule has 0 rings (SSSR count). The molecule has 0 aromatic rings. The summed E-state index contributed by atoms with van der Waals surface area (Å²) in [6.45, 7) is 1.94. The van der Waals surface area contributed by atoms with Crippen LogP contribution >= 0.6 is 7.60 Å². The first-order valence-electron chi connectivity index (χ1n) is 3.69. The predicted octanol–water partition coefficient (Wildman–Crippen LogP) is -0.718. The van der Waals surface area contributed by atoms with Gasteiger partial charge in [-0.15, -0.1) is 0 Å². The van der Waals surface area contributed by atoms with Crippen molar-refractivity contribution in [3.8, 4) is 0 Å². The molecule has 0 aliphatic heterocycles. The molecule has 0 fully saturated rings.